The zero-order valence-corrected chi connectivity index (χ0v) is 9.75. The first kappa shape index (κ1) is 12.0. The number of hydrogen-bond acceptors (Lipinski definition) is 3. The van der Waals surface area contributed by atoms with Crippen molar-refractivity contribution in [2.45, 2.75) is 38.3 Å². The lowest BCUT2D eigenvalue weighted by atomic mass is 10.1. The molecule has 0 spiro atoms. The molecule has 0 aliphatic carbocycles. The Morgan fingerprint density at radius 2 is 2.36 bits per heavy atom. The fraction of sp³-hybridized carbons (Fsp3) is 1.00. The Morgan fingerprint density at radius 3 is 2.93 bits per heavy atom. The number of nitrogens with zero attached hydrogens (tertiary/aromatic N) is 1. The molecule has 1 rings (SSSR count). The second-order valence-electron chi connectivity index (χ2n) is 4.30. The van der Waals surface area contributed by atoms with Crippen LogP contribution in [0.3, 0.4) is 0 Å². The third kappa shape index (κ3) is 3.95. The van der Waals surface area contributed by atoms with E-state index in [0.717, 1.165) is 19.2 Å². The first-order valence-electron chi connectivity index (χ1n) is 5.70. The van der Waals surface area contributed by atoms with Crippen LogP contribution in [0.1, 0.15) is 26.2 Å². The SMILES string of the molecule is CNCC(C)OCCC1CCCN1C. The summed E-state index contributed by atoms with van der Waals surface area (Å²) in [4.78, 5) is 2.45. The largest absolute Gasteiger partial charge is 0.377 e. The van der Waals surface area contributed by atoms with Gasteiger partial charge in [-0.25, -0.2) is 0 Å². The summed E-state index contributed by atoms with van der Waals surface area (Å²) in [6, 6.07) is 0.761. The highest BCUT2D eigenvalue weighted by molar-refractivity contribution is 4.75. The molecule has 0 bridgehead atoms. The zero-order valence-electron chi connectivity index (χ0n) is 9.75. The zero-order chi connectivity index (χ0) is 10.4. The second-order valence-corrected chi connectivity index (χ2v) is 4.30. The molecule has 2 unspecified atom stereocenters. The molecular weight excluding hydrogens is 176 g/mol. The average Bonchev–Trinajstić information content (AvgIpc) is 2.52. The van der Waals surface area contributed by atoms with Crippen molar-refractivity contribution in [3.05, 3.63) is 0 Å². The molecule has 84 valence electrons. The van der Waals surface area contributed by atoms with E-state index >= 15 is 0 Å². The topological polar surface area (TPSA) is 24.5 Å². The molecule has 1 aliphatic rings. The minimum Gasteiger partial charge on any atom is -0.377 e. The Kier molecular flexibility index (Phi) is 5.45. The van der Waals surface area contributed by atoms with Gasteiger partial charge in [0.05, 0.1) is 6.10 Å². The van der Waals surface area contributed by atoms with Crippen molar-refractivity contribution in [2.75, 3.05) is 33.8 Å². The number of hydrogen-bond donors (Lipinski definition) is 1. The summed E-state index contributed by atoms with van der Waals surface area (Å²) in [5.74, 6) is 0. The van der Waals surface area contributed by atoms with Crippen LogP contribution in [0.2, 0.25) is 0 Å². The van der Waals surface area contributed by atoms with Gasteiger partial charge in [-0.2, -0.15) is 0 Å². The van der Waals surface area contributed by atoms with Crippen molar-refractivity contribution < 1.29 is 4.74 Å². The fourth-order valence-electron chi connectivity index (χ4n) is 2.10. The molecular formula is C11H24N2O. The molecule has 3 heteroatoms. The Morgan fingerprint density at radius 1 is 1.57 bits per heavy atom. The van der Waals surface area contributed by atoms with Crippen LogP contribution in [0.25, 0.3) is 0 Å². The number of likely N-dealkylation sites (N-methyl/N-ethyl adjacent to an activating group) is 1. The highest BCUT2D eigenvalue weighted by Crippen LogP contribution is 2.17. The van der Waals surface area contributed by atoms with Gasteiger partial charge in [0.15, 0.2) is 0 Å². The van der Waals surface area contributed by atoms with E-state index in [1.54, 1.807) is 0 Å². The highest BCUT2D eigenvalue weighted by atomic mass is 16.5. The van der Waals surface area contributed by atoms with E-state index in [-0.39, 0.29) is 0 Å². The van der Waals surface area contributed by atoms with Gasteiger partial charge >= 0.3 is 0 Å². The summed E-state index contributed by atoms with van der Waals surface area (Å²) in [6.07, 6.45) is 4.23. The number of rotatable bonds is 6. The standard InChI is InChI=1S/C11H24N2O/c1-10(9-12-2)14-8-6-11-5-4-7-13(11)3/h10-12H,4-9H2,1-3H3. The Balaban J connectivity index is 2.03. The van der Waals surface area contributed by atoms with Crippen LogP contribution in [0.15, 0.2) is 0 Å². The van der Waals surface area contributed by atoms with Crippen LogP contribution in [0, 0.1) is 0 Å². The molecule has 0 aromatic carbocycles. The smallest absolute Gasteiger partial charge is 0.0671 e. The van der Waals surface area contributed by atoms with Gasteiger partial charge in [-0.15, -0.1) is 0 Å². The molecule has 0 aromatic rings. The predicted octanol–water partition coefficient (Wildman–Crippen LogP) is 1.10. The Bertz CT molecular complexity index is 152. The van der Waals surface area contributed by atoms with Crippen LogP contribution in [-0.4, -0.2) is 50.8 Å². The molecule has 1 heterocycles. The lowest BCUT2D eigenvalue weighted by Gasteiger charge is -2.20. The van der Waals surface area contributed by atoms with E-state index in [1.165, 1.54) is 25.8 Å². The van der Waals surface area contributed by atoms with Gasteiger partial charge in [0.2, 0.25) is 0 Å². The molecule has 0 amide bonds. The summed E-state index contributed by atoms with van der Waals surface area (Å²) >= 11 is 0. The van der Waals surface area contributed by atoms with Crippen molar-refractivity contribution in [1.82, 2.24) is 10.2 Å². The molecule has 1 N–H and O–H groups in total. The third-order valence-electron chi connectivity index (χ3n) is 3.02. The summed E-state index contributed by atoms with van der Waals surface area (Å²) in [5.41, 5.74) is 0. The molecule has 2 atom stereocenters. The van der Waals surface area contributed by atoms with Crippen LogP contribution in [0.4, 0.5) is 0 Å². The number of nitrogens with one attached hydrogen (secondary N) is 1. The van der Waals surface area contributed by atoms with E-state index in [9.17, 15) is 0 Å². The quantitative estimate of drug-likeness (QED) is 0.695. The normalized spacial score (nSPS) is 25.5. The van der Waals surface area contributed by atoms with E-state index < -0.39 is 0 Å². The first-order chi connectivity index (χ1) is 6.74. The van der Waals surface area contributed by atoms with E-state index in [2.05, 4.69) is 24.2 Å². The molecule has 14 heavy (non-hydrogen) atoms. The summed E-state index contributed by atoms with van der Waals surface area (Å²) in [6.45, 7) is 5.23. The van der Waals surface area contributed by atoms with Gasteiger partial charge in [0.25, 0.3) is 0 Å². The van der Waals surface area contributed by atoms with Crippen LogP contribution >= 0.6 is 0 Å². The van der Waals surface area contributed by atoms with Crippen molar-refractivity contribution in [1.29, 1.82) is 0 Å². The van der Waals surface area contributed by atoms with Crippen molar-refractivity contribution in [2.24, 2.45) is 0 Å². The maximum absolute atomic E-state index is 5.70. The average molecular weight is 200 g/mol. The lowest BCUT2D eigenvalue weighted by Crippen LogP contribution is -2.28. The third-order valence-corrected chi connectivity index (χ3v) is 3.02. The minimum atomic E-state index is 0.340. The van der Waals surface area contributed by atoms with Crippen LogP contribution in [-0.2, 0) is 4.74 Å². The minimum absolute atomic E-state index is 0.340. The van der Waals surface area contributed by atoms with E-state index in [1.807, 2.05) is 7.05 Å². The van der Waals surface area contributed by atoms with Crippen LogP contribution in [0.5, 0.6) is 0 Å². The van der Waals surface area contributed by atoms with Gasteiger partial charge in [0.1, 0.15) is 0 Å². The summed E-state index contributed by atoms with van der Waals surface area (Å²) < 4.78 is 5.70. The van der Waals surface area contributed by atoms with Gasteiger partial charge in [-0.3, -0.25) is 0 Å². The number of likely N-dealkylation sites (tertiary alicyclic amines) is 1. The van der Waals surface area contributed by atoms with Crippen molar-refractivity contribution in [3.63, 3.8) is 0 Å². The molecule has 0 radical (unpaired) electrons. The predicted molar refractivity (Wildman–Crippen MR) is 59.6 cm³/mol. The molecule has 1 aliphatic heterocycles. The van der Waals surface area contributed by atoms with E-state index in [4.69, 9.17) is 4.74 Å². The fourth-order valence-corrected chi connectivity index (χ4v) is 2.10. The number of ether oxygens (including phenoxy) is 1. The summed E-state index contributed by atoms with van der Waals surface area (Å²) in [5, 5.41) is 3.12. The molecule has 3 nitrogen and oxygen atoms in total. The van der Waals surface area contributed by atoms with Gasteiger partial charge in [-0.1, -0.05) is 0 Å². The molecule has 1 fully saturated rings. The lowest BCUT2D eigenvalue weighted by molar-refractivity contribution is 0.0550. The van der Waals surface area contributed by atoms with Gasteiger partial charge < -0.3 is 15.0 Å². The van der Waals surface area contributed by atoms with E-state index in [0.29, 0.717) is 6.10 Å². The Labute approximate surface area is 87.8 Å². The van der Waals surface area contributed by atoms with Crippen molar-refractivity contribution in [3.8, 4) is 0 Å². The summed E-state index contributed by atoms with van der Waals surface area (Å²) in [7, 11) is 4.18. The Hall–Kier alpha value is -0.120. The first-order valence-corrected chi connectivity index (χ1v) is 5.70. The maximum atomic E-state index is 5.70. The van der Waals surface area contributed by atoms with Crippen molar-refractivity contribution >= 4 is 0 Å². The molecule has 1 saturated heterocycles. The van der Waals surface area contributed by atoms with Crippen LogP contribution < -0.4 is 5.32 Å². The highest BCUT2D eigenvalue weighted by Gasteiger charge is 2.20. The van der Waals surface area contributed by atoms with Gasteiger partial charge in [-0.05, 0) is 46.8 Å². The molecule has 0 saturated carbocycles. The second kappa shape index (κ2) is 6.38. The monoisotopic (exact) mass is 200 g/mol. The van der Waals surface area contributed by atoms with Gasteiger partial charge in [0, 0.05) is 19.2 Å². The molecule has 0 aromatic heterocycles. The maximum Gasteiger partial charge on any atom is 0.0671 e.